The molecule has 0 aliphatic heterocycles. The van der Waals surface area contributed by atoms with Crippen molar-refractivity contribution in [2.45, 2.75) is 18.2 Å². The molecule has 0 rings (SSSR count). The van der Waals surface area contributed by atoms with Gasteiger partial charge in [-0.15, -0.1) is 0 Å². The van der Waals surface area contributed by atoms with E-state index in [4.69, 9.17) is 0 Å². The number of Topliss-reactive ketones (excluding diaryl/α,β-unsaturated/α-hetero) is 1. The van der Waals surface area contributed by atoms with Crippen molar-refractivity contribution in [2.75, 3.05) is 7.11 Å². The maximum absolute atomic E-state index is 10.8. The van der Waals surface area contributed by atoms with E-state index in [1.807, 2.05) is 0 Å². The minimum Gasteiger partial charge on any atom is -0.468 e. The molecule has 4 heteroatoms. The molecule has 1 unspecified atom stereocenters. The zero-order valence-corrected chi connectivity index (χ0v) is 7.69. The number of esters is 1. The molecule has 0 saturated carbocycles. The van der Waals surface area contributed by atoms with Gasteiger partial charge in [-0.1, -0.05) is 15.9 Å². The maximum atomic E-state index is 10.8. The van der Waals surface area contributed by atoms with E-state index in [1.54, 1.807) is 0 Å². The number of rotatable bonds is 2. The topological polar surface area (TPSA) is 43.4 Å². The van der Waals surface area contributed by atoms with E-state index in [-0.39, 0.29) is 5.78 Å². The predicted octanol–water partition coefficient (Wildman–Crippen LogP) is 0.902. The molecule has 0 bridgehead atoms. The minimum absolute atomic E-state index is 0.264. The first-order valence-corrected chi connectivity index (χ1v) is 3.50. The summed E-state index contributed by atoms with van der Waals surface area (Å²) < 4.78 is 3.19. The number of carbonyl (C=O) groups excluding carboxylic acids is 2. The predicted molar refractivity (Wildman–Crippen MR) is 40.0 cm³/mol. The molecule has 1 atom stereocenters. The summed E-state index contributed by atoms with van der Waals surface area (Å²) in [6.07, 6.45) is 0. The van der Waals surface area contributed by atoms with E-state index in [2.05, 4.69) is 20.7 Å². The van der Waals surface area contributed by atoms with Crippen molar-refractivity contribution in [3.8, 4) is 0 Å². The zero-order valence-electron chi connectivity index (χ0n) is 6.10. The average Bonchev–Trinajstić information content (AvgIpc) is 1.86. The molecule has 0 aliphatic rings. The van der Waals surface area contributed by atoms with Gasteiger partial charge in [0.15, 0.2) is 10.1 Å². The Morgan fingerprint density at radius 1 is 1.50 bits per heavy atom. The molecular formula is C6H9BrO3. The number of ether oxygens (including phenoxy) is 1. The minimum atomic E-state index is -1.18. The standard InChI is InChI=1S/C6H9BrO3/c1-4(8)6(2,7)5(9)10-3/h1-3H3. The molecule has 0 fully saturated rings. The quantitative estimate of drug-likeness (QED) is 0.385. The Balaban J connectivity index is 4.40. The lowest BCUT2D eigenvalue weighted by molar-refractivity contribution is -0.145. The van der Waals surface area contributed by atoms with Crippen molar-refractivity contribution in [1.82, 2.24) is 0 Å². The van der Waals surface area contributed by atoms with E-state index in [9.17, 15) is 9.59 Å². The van der Waals surface area contributed by atoms with Gasteiger partial charge in [0, 0.05) is 0 Å². The van der Waals surface area contributed by atoms with Gasteiger partial charge in [-0.3, -0.25) is 9.59 Å². The average molecular weight is 209 g/mol. The lowest BCUT2D eigenvalue weighted by Gasteiger charge is -2.14. The molecule has 3 nitrogen and oxygen atoms in total. The largest absolute Gasteiger partial charge is 0.468 e. The molecule has 0 aliphatic carbocycles. The Hall–Kier alpha value is -0.380. The summed E-state index contributed by atoms with van der Waals surface area (Å²) in [7, 11) is 1.24. The van der Waals surface area contributed by atoms with E-state index < -0.39 is 10.3 Å². The highest BCUT2D eigenvalue weighted by Crippen LogP contribution is 2.19. The second kappa shape index (κ2) is 3.14. The third-order valence-corrected chi connectivity index (χ3v) is 2.11. The molecular weight excluding hydrogens is 200 g/mol. The van der Waals surface area contributed by atoms with Crippen LogP contribution >= 0.6 is 15.9 Å². The lowest BCUT2D eigenvalue weighted by Crippen LogP contribution is -2.36. The molecule has 0 N–H and O–H groups in total. The van der Waals surface area contributed by atoms with E-state index >= 15 is 0 Å². The van der Waals surface area contributed by atoms with Gasteiger partial charge >= 0.3 is 5.97 Å². The van der Waals surface area contributed by atoms with Crippen LogP contribution in [0, 0.1) is 0 Å². The van der Waals surface area contributed by atoms with Gasteiger partial charge in [-0.25, -0.2) is 0 Å². The van der Waals surface area contributed by atoms with Gasteiger partial charge in [0.05, 0.1) is 7.11 Å². The fraction of sp³-hybridized carbons (Fsp3) is 0.667. The first-order valence-electron chi connectivity index (χ1n) is 2.71. The summed E-state index contributed by atoms with van der Waals surface area (Å²) in [6.45, 7) is 2.78. The summed E-state index contributed by atoms with van der Waals surface area (Å²) >= 11 is 2.95. The number of alkyl halides is 1. The van der Waals surface area contributed by atoms with Crippen LogP contribution in [0.15, 0.2) is 0 Å². The maximum Gasteiger partial charge on any atom is 0.329 e. The van der Waals surface area contributed by atoms with Gasteiger partial charge in [-0.2, -0.15) is 0 Å². The van der Waals surface area contributed by atoms with Crippen LogP contribution < -0.4 is 0 Å². The van der Waals surface area contributed by atoms with Crippen LogP contribution in [0.4, 0.5) is 0 Å². The van der Waals surface area contributed by atoms with E-state index in [0.717, 1.165) is 0 Å². The van der Waals surface area contributed by atoms with Crippen LogP contribution in [0.3, 0.4) is 0 Å². The Labute approximate surface area is 67.9 Å². The lowest BCUT2D eigenvalue weighted by atomic mass is 10.1. The van der Waals surface area contributed by atoms with Crippen molar-refractivity contribution >= 4 is 27.7 Å². The Morgan fingerprint density at radius 2 is 1.90 bits per heavy atom. The Bertz CT molecular complexity index is 162. The second-order valence-electron chi connectivity index (χ2n) is 2.05. The first-order chi connectivity index (χ1) is 4.42. The summed E-state index contributed by atoms with van der Waals surface area (Å²) in [6, 6.07) is 0. The van der Waals surface area contributed by atoms with Crippen LogP contribution in [0.5, 0.6) is 0 Å². The Morgan fingerprint density at radius 3 is 2.00 bits per heavy atom. The van der Waals surface area contributed by atoms with Crippen molar-refractivity contribution in [3.05, 3.63) is 0 Å². The van der Waals surface area contributed by atoms with Gasteiger partial charge < -0.3 is 4.74 Å². The monoisotopic (exact) mass is 208 g/mol. The molecule has 0 aromatic rings. The third kappa shape index (κ3) is 1.80. The fourth-order valence-corrected chi connectivity index (χ4v) is 0.497. The summed E-state index contributed by atoms with van der Waals surface area (Å²) in [4.78, 5) is 21.5. The van der Waals surface area contributed by atoms with Gasteiger partial charge in [0.1, 0.15) is 0 Å². The highest BCUT2D eigenvalue weighted by molar-refractivity contribution is 9.10. The molecule has 0 aromatic heterocycles. The van der Waals surface area contributed by atoms with Crippen molar-refractivity contribution in [3.63, 3.8) is 0 Å². The Kier molecular flexibility index (Phi) is 3.02. The number of hydrogen-bond acceptors (Lipinski definition) is 3. The van der Waals surface area contributed by atoms with Crippen molar-refractivity contribution in [2.24, 2.45) is 0 Å². The van der Waals surface area contributed by atoms with Crippen LogP contribution in [-0.4, -0.2) is 23.2 Å². The van der Waals surface area contributed by atoms with Gasteiger partial charge in [-0.05, 0) is 13.8 Å². The zero-order chi connectivity index (χ0) is 8.36. The second-order valence-corrected chi connectivity index (χ2v) is 3.64. The SMILES string of the molecule is COC(=O)C(C)(Br)C(C)=O. The molecule has 10 heavy (non-hydrogen) atoms. The molecule has 58 valence electrons. The molecule has 0 aromatic carbocycles. The highest BCUT2D eigenvalue weighted by atomic mass is 79.9. The van der Waals surface area contributed by atoms with Crippen molar-refractivity contribution in [1.29, 1.82) is 0 Å². The molecule has 0 saturated heterocycles. The number of ketones is 1. The van der Waals surface area contributed by atoms with Crippen LogP contribution in [0.2, 0.25) is 0 Å². The number of hydrogen-bond donors (Lipinski definition) is 0. The van der Waals surface area contributed by atoms with Gasteiger partial charge in [0.25, 0.3) is 0 Å². The van der Waals surface area contributed by atoms with E-state index in [1.165, 1.54) is 21.0 Å². The molecule has 0 amide bonds. The van der Waals surface area contributed by atoms with Crippen molar-refractivity contribution < 1.29 is 14.3 Å². The number of carbonyl (C=O) groups is 2. The summed E-state index contributed by atoms with van der Waals surface area (Å²) in [5.74, 6) is -0.834. The third-order valence-electron chi connectivity index (χ3n) is 1.23. The smallest absolute Gasteiger partial charge is 0.329 e. The van der Waals surface area contributed by atoms with Crippen LogP contribution in [0.1, 0.15) is 13.8 Å². The summed E-state index contributed by atoms with van der Waals surface area (Å²) in [5, 5.41) is 0. The molecule has 0 heterocycles. The van der Waals surface area contributed by atoms with Crippen LogP contribution in [-0.2, 0) is 14.3 Å². The number of halogens is 1. The fourth-order valence-electron chi connectivity index (χ4n) is 0.335. The summed E-state index contributed by atoms with van der Waals surface area (Å²) in [5.41, 5.74) is 0. The first kappa shape index (κ1) is 9.62. The van der Waals surface area contributed by atoms with E-state index in [0.29, 0.717) is 0 Å². The number of methoxy groups -OCH3 is 1. The highest BCUT2D eigenvalue weighted by Gasteiger charge is 2.36. The molecule has 0 radical (unpaired) electrons. The normalized spacial score (nSPS) is 15.6. The molecule has 0 spiro atoms. The van der Waals surface area contributed by atoms with Gasteiger partial charge in [0.2, 0.25) is 0 Å². The van der Waals surface area contributed by atoms with Crippen LogP contribution in [0.25, 0.3) is 0 Å².